The maximum Gasteiger partial charge on any atom is 0.260 e. The first-order valence-corrected chi connectivity index (χ1v) is 11.0. The number of carbonyl (C=O) groups is 1. The van der Waals surface area contributed by atoms with Crippen molar-refractivity contribution in [3.8, 4) is 22.9 Å². The number of methoxy groups -OCH3 is 1. The molecule has 3 aromatic rings. The Labute approximate surface area is 201 Å². The number of nitriles is 1. The van der Waals surface area contributed by atoms with E-state index < -0.39 is 17.5 Å². The van der Waals surface area contributed by atoms with Crippen molar-refractivity contribution >= 4 is 23.5 Å². The van der Waals surface area contributed by atoms with E-state index in [0.29, 0.717) is 11.1 Å². The summed E-state index contributed by atoms with van der Waals surface area (Å²) in [6, 6.07) is 10.5. The number of nitrogens with zero attached hydrogens (tertiary/aromatic N) is 4. The van der Waals surface area contributed by atoms with Crippen LogP contribution >= 0.6 is 0 Å². The van der Waals surface area contributed by atoms with E-state index in [4.69, 9.17) is 4.74 Å². The van der Waals surface area contributed by atoms with E-state index in [0.717, 1.165) is 25.6 Å². The summed E-state index contributed by atoms with van der Waals surface area (Å²) >= 11 is 0. The first-order valence-electron chi connectivity index (χ1n) is 11.0. The largest absolute Gasteiger partial charge is 0.494 e. The van der Waals surface area contributed by atoms with Gasteiger partial charge in [0.2, 0.25) is 0 Å². The third kappa shape index (κ3) is 5.18. The monoisotopic (exact) mass is 475 g/mol. The zero-order valence-corrected chi connectivity index (χ0v) is 19.3. The molecule has 1 aliphatic heterocycles. The van der Waals surface area contributed by atoms with Gasteiger partial charge in [-0.3, -0.25) is 14.8 Å². The molecule has 178 valence electrons. The lowest BCUT2D eigenvalue weighted by molar-refractivity contribution is 0.0993. The van der Waals surface area contributed by atoms with Gasteiger partial charge in [0.1, 0.15) is 5.82 Å². The van der Waals surface area contributed by atoms with Gasteiger partial charge in [-0.2, -0.15) is 5.26 Å². The number of hydrogen-bond donors (Lipinski definition) is 1. The Kier molecular flexibility index (Phi) is 7.13. The van der Waals surface area contributed by atoms with E-state index in [-0.39, 0.29) is 34.3 Å². The minimum Gasteiger partial charge on any atom is -0.494 e. The van der Waals surface area contributed by atoms with E-state index in [1.54, 1.807) is 18.3 Å². The highest BCUT2D eigenvalue weighted by atomic mass is 19.1. The van der Waals surface area contributed by atoms with Crippen LogP contribution in [-0.4, -0.2) is 43.8 Å². The van der Waals surface area contributed by atoms with Crippen LogP contribution in [0.4, 0.5) is 20.2 Å². The van der Waals surface area contributed by atoms with Crippen molar-refractivity contribution in [2.75, 3.05) is 25.6 Å². The lowest BCUT2D eigenvalue weighted by Crippen LogP contribution is -2.27. The molecular formula is C26H23F2N5O2. The van der Waals surface area contributed by atoms with Gasteiger partial charge < -0.3 is 15.0 Å². The van der Waals surface area contributed by atoms with Gasteiger partial charge in [-0.05, 0) is 49.7 Å². The van der Waals surface area contributed by atoms with Crippen molar-refractivity contribution in [3.63, 3.8) is 0 Å². The molecule has 7 nitrogen and oxygen atoms in total. The second kappa shape index (κ2) is 10.4. The van der Waals surface area contributed by atoms with Gasteiger partial charge in [0.25, 0.3) is 5.91 Å². The number of ether oxygens (including phenoxy) is 1. The quantitative estimate of drug-likeness (QED) is 0.525. The molecule has 4 rings (SSSR count). The molecule has 35 heavy (non-hydrogen) atoms. The highest BCUT2D eigenvalue weighted by Crippen LogP contribution is 2.36. The Bertz CT molecular complexity index is 1330. The molecule has 1 N–H and O–H groups in total. The summed E-state index contributed by atoms with van der Waals surface area (Å²) in [5.74, 6) is -1.64. The number of rotatable bonds is 6. The molecule has 1 amide bonds. The summed E-state index contributed by atoms with van der Waals surface area (Å²) in [4.78, 5) is 23.4. The van der Waals surface area contributed by atoms with Crippen molar-refractivity contribution in [2.45, 2.75) is 18.9 Å². The standard InChI is InChI=1S/C26H23F2N5O2/c1-33(20-5-6-24(35-2)23(28)11-20)26(34)22-9-16(12-29)8-21(17-10-18(27)14-30-13-17)25(22)32-15-19-4-3-7-31-19/h5-6,8-11,13-15,19,31H,3-4,7H2,1-2H3. The Morgan fingerprint density at radius 1 is 1.29 bits per heavy atom. The summed E-state index contributed by atoms with van der Waals surface area (Å²) in [5.41, 5.74) is 1.65. The number of aliphatic imine (C=N–C) groups is 1. The van der Waals surface area contributed by atoms with Gasteiger partial charge in [0.15, 0.2) is 11.6 Å². The Hall–Kier alpha value is -4.16. The smallest absolute Gasteiger partial charge is 0.260 e. The van der Waals surface area contributed by atoms with Gasteiger partial charge in [-0.15, -0.1) is 0 Å². The van der Waals surface area contributed by atoms with Crippen LogP contribution in [0.25, 0.3) is 11.1 Å². The van der Waals surface area contributed by atoms with Crippen molar-refractivity contribution in [2.24, 2.45) is 4.99 Å². The highest BCUT2D eigenvalue weighted by Gasteiger charge is 2.23. The molecule has 0 radical (unpaired) electrons. The van der Waals surface area contributed by atoms with Crippen molar-refractivity contribution in [1.29, 1.82) is 5.26 Å². The fraction of sp³-hybridized carbons (Fsp3) is 0.231. The van der Waals surface area contributed by atoms with Crippen LogP contribution in [-0.2, 0) is 0 Å². The number of hydrogen-bond acceptors (Lipinski definition) is 6. The molecule has 1 fully saturated rings. The normalized spacial score (nSPS) is 15.2. The fourth-order valence-corrected chi connectivity index (χ4v) is 3.95. The number of halogens is 2. The molecular weight excluding hydrogens is 452 g/mol. The molecule has 0 spiro atoms. The lowest BCUT2D eigenvalue weighted by Gasteiger charge is -2.20. The maximum atomic E-state index is 14.3. The van der Waals surface area contributed by atoms with Gasteiger partial charge in [-0.25, -0.2) is 8.78 Å². The minimum absolute atomic E-state index is 0.0282. The molecule has 2 heterocycles. The fourth-order valence-electron chi connectivity index (χ4n) is 3.95. The number of benzene rings is 2. The number of amides is 1. The minimum atomic E-state index is -0.618. The number of aromatic nitrogens is 1. The first kappa shape index (κ1) is 24.0. The van der Waals surface area contributed by atoms with Crippen LogP contribution in [0.1, 0.15) is 28.8 Å². The molecule has 1 aromatic heterocycles. The van der Waals surface area contributed by atoms with Crippen molar-refractivity contribution < 1.29 is 18.3 Å². The van der Waals surface area contributed by atoms with Crippen molar-refractivity contribution in [1.82, 2.24) is 10.3 Å². The summed E-state index contributed by atoms with van der Waals surface area (Å²) in [7, 11) is 2.85. The van der Waals surface area contributed by atoms with E-state index in [2.05, 4.69) is 15.3 Å². The average Bonchev–Trinajstić information content (AvgIpc) is 3.39. The molecule has 1 aliphatic rings. The van der Waals surface area contributed by atoms with Gasteiger partial charge in [-0.1, -0.05) is 0 Å². The molecule has 2 aromatic carbocycles. The Morgan fingerprint density at radius 2 is 2.11 bits per heavy atom. The van der Waals surface area contributed by atoms with Gasteiger partial charge in [0.05, 0.1) is 36.2 Å². The molecule has 0 bridgehead atoms. The second-order valence-corrected chi connectivity index (χ2v) is 8.09. The van der Waals surface area contributed by atoms with Crippen LogP contribution in [0.15, 0.2) is 53.8 Å². The predicted octanol–water partition coefficient (Wildman–Crippen LogP) is 4.64. The van der Waals surface area contributed by atoms with E-state index in [9.17, 15) is 18.8 Å². The third-order valence-electron chi connectivity index (χ3n) is 5.79. The van der Waals surface area contributed by atoms with Crippen LogP contribution < -0.4 is 15.0 Å². The predicted molar refractivity (Wildman–Crippen MR) is 129 cm³/mol. The zero-order valence-electron chi connectivity index (χ0n) is 19.3. The average molecular weight is 475 g/mol. The van der Waals surface area contributed by atoms with Gasteiger partial charge in [0, 0.05) is 48.4 Å². The number of nitrogens with one attached hydrogen (secondary N) is 1. The third-order valence-corrected chi connectivity index (χ3v) is 5.79. The van der Waals surface area contributed by atoms with Crippen molar-refractivity contribution in [3.05, 3.63) is 71.6 Å². The summed E-state index contributed by atoms with van der Waals surface area (Å²) in [6.45, 7) is 0.863. The molecule has 1 saturated heterocycles. The summed E-state index contributed by atoms with van der Waals surface area (Å²) in [6.07, 6.45) is 6.13. The van der Waals surface area contributed by atoms with Gasteiger partial charge >= 0.3 is 0 Å². The van der Waals surface area contributed by atoms with Crippen LogP contribution in [0, 0.1) is 23.0 Å². The molecule has 1 atom stereocenters. The first-order chi connectivity index (χ1) is 16.9. The zero-order chi connectivity index (χ0) is 24.9. The lowest BCUT2D eigenvalue weighted by atomic mass is 9.97. The number of anilines is 1. The number of carbonyl (C=O) groups excluding carboxylic acids is 1. The molecule has 9 heteroatoms. The van der Waals surface area contributed by atoms with Crippen LogP contribution in [0.3, 0.4) is 0 Å². The SMILES string of the molecule is COc1ccc(N(C)C(=O)c2cc(C#N)cc(-c3cncc(F)c3)c2N=CC2CCCN2)cc1F. The maximum absolute atomic E-state index is 14.3. The van der Waals surface area contributed by atoms with E-state index in [1.807, 2.05) is 6.07 Å². The van der Waals surface area contributed by atoms with Crippen LogP contribution in [0.2, 0.25) is 0 Å². The Balaban J connectivity index is 1.85. The highest BCUT2D eigenvalue weighted by molar-refractivity contribution is 6.11. The van der Waals surface area contributed by atoms with Crippen LogP contribution in [0.5, 0.6) is 5.75 Å². The molecule has 0 saturated carbocycles. The Morgan fingerprint density at radius 3 is 2.77 bits per heavy atom. The summed E-state index contributed by atoms with van der Waals surface area (Å²) < 4.78 is 33.3. The molecule has 1 unspecified atom stereocenters. The molecule has 0 aliphatic carbocycles. The van der Waals surface area contributed by atoms with E-state index >= 15 is 0 Å². The number of pyridine rings is 1. The second-order valence-electron chi connectivity index (χ2n) is 8.09. The summed E-state index contributed by atoms with van der Waals surface area (Å²) in [5, 5.41) is 12.9. The topological polar surface area (TPSA) is 90.6 Å². The van der Waals surface area contributed by atoms with E-state index in [1.165, 1.54) is 49.5 Å².